The lowest BCUT2D eigenvalue weighted by atomic mass is 9.94. The van der Waals surface area contributed by atoms with Gasteiger partial charge in [0.15, 0.2) is 0 Å². The first kappa shape index (κ1) is 26.3. The van der Waals surface area contributed by atoms with E-state index in [0.717, 1.165) is 13.1 Å². The second-order valence-electron chi connectivity index (χ2n) is 8.84. The lowest BCUT2D eigenvalue weighted by molar-refractivity contribution is -0.895. The average molecular weight is 481 g/mol. The van der Waals surface area contributed by atoms with Crippen molar-refractivity contribution in [2.75, 3.05) is 32.8 Å². The zero-order valence-electron chi connectivity index (χ0n) is 21.3. The van der Waals surface area contributed by atoms with E-state index in [-0.39, 0.29) is 11.7 Å². The van der Waals surface area contributed by atoms with E-state index >= 15 is 0 Å². The molecule has 0 aliphatic carbocycles. The summed E-state index contributed by atoms with van der Waals surface area (Å²) in [5.41, 5.74) is 0.952. The van der Waals surface area contributed by atoms with Gasteiger partial charge in [-0.05, 0) is 58.4 Å². The van der Waals surface area contributed by atoms with Gasteiger partial charge in [-0.2, -0.15) is 0 Å². The summed E-state index contributed by atoms with van der Waals surface area (Å²) in [7, 11) is 0. The van der Waals surface area contributed by atoms with Crippen LogP contribution in [0.15, 0.2) is 54.1 Å². The highest BCUT2D eigenvalue weighted by Crippen LogP contribution is 2.42. The molecule has 1 unspecified atom stereocenters. The number of ether oxygens (including phenoxy) is 2. The Balaban J connectivity index is 2.10. The Kier molecular flexibility index (Phi) is 8.93. The maximum absolute atomic E-state index is 13.7. The maximum atomic E-state index is 13.7. The molecule has 1 amide bonds. The number of likely N-dealkylation sites (tertiary alicyclic amines) is 1. The second kappa shape index (κ2) is 11.9. The van der Waals surface area contributed by atoms with E-state index in [2.05, 4.69) is 13.8 Å². The summed E-state index contributed by atoms with van der Waals surface area (Å²) >= 11 is 0. The number of para-hydroxylation sites is 1. The van der Waals surface area contributed by atoms with Crippen molar-refractivity contribution < 1.29 is 29.1 Å². The minimum Gasteiger partial charge on any atom is -0.872 e. The third-order valence-corrected chi connectivity index (χ3v) is 6.24. The summed E-state index contributed by atoms with van der Waals surface area (Å²) in [5.74, 6) is -0.640. The molecule has 7 heteroatoms. The molecule has 1 saturated heterocycles. The Labute approximate surface area is 207 Å². The van der Waals surface area contributed by atoms with Gasteiger partial charge in [0.05, 0.1) is 44.9 Å². The van der Waals surface area contributed by atoms with E-state index < -0.39 is 23.5 Å². The summed E-state index contributed by atoms with van der Waals surface area (Å²) in [4.78, 5) is 29.3. The van der Waals surface area contributed by atoms with Crippen molar-refractivity contribution >= 4 is 17.4 Å². The molecule has 35 heavy (non-hydrogen) atoms. The molecule has 2 aromatic rings. The fourth-order valence-corrected chi connectivity index (χ4v) is 4.41. The standard InChI is InChI=1S/C28H36N2O5/c1-6-29(7-2)17-18-30-25(22-11-9-10-12-23(22)34-8-3)24(27(32)28(30)33)26(31)20-13-15-21(16-14-20)35-19(4)5/h9-16,19,25,31H,6-8,17-18H2,1-5H3/b26-24+. The van der Waals surface area contributed by atoms with Gasteiger partial charge in [-0.1, -0.05) is 36.1 Å². The number of rotatable bonds is 11. The largest absolute Gasteiger partial charge is 0.872 e. The lowest BCUT2D eigenvalue weighted by Crippen LogP contribution is -3.12. The number of amides is 1. The number of carbonyl (C=O) groups excluding carboxylic acids is 2. The van der Waals surface area contributed by atoms with Crippen molar-refractivity contribution in [2.45, 2.75) is 46.8 Å². The Hall–Kier alpha value is -3.32. The van der Waals surface area contributed by atoms with Gasteiger partial charge in [0.25, 0.3) is 5.91 Å². The highest BCUT2D eigenvalue weighted by Gasteiger charge is 2.45. The van der Waals surface area contributed by atoms with Gasteiger partial charge < -0.3 is 24.4 Å². The molecule has 2 aromatic carbocycles. The first-order valence-electron chi connectivity index (χ1n) is 12.4. The molecular formula is C28H36N2O5. The molecule has 1 fully saturated rings. The predicted octanol–water partition coefficient (Wildman–Crippen LogP) is 2.02. The number of hydrogen-bond acceptors (Lipinski definition) is 5. The van der Waals surface area contributed by atoms with E-state index in [1.54, 1.807) is 30.3 Å². The Morgan fingerprint density at radius 2 is 1.69 bits per heavy atom. The average Bonchev–Trinajstić information content (AvgIpc) is 3.10. The molecule has 1 aliphatic rings. The van der Waals surface area contributed by atoms with Crippen LogP contribution in [0.4, 0.5) is 0 Å². The smallest absolute Gasteiger partial charge is 0.295 e. The molecule has 3 rings (SSSR count). The highest BCUT2D eigenvalue weighted by molar-refractivity contribution is 6.46. The fourth-order valence-electron chi connectivity index (χ4n) is 4.41. The molecule has 188 valence electrons. The van der Waals surface area contributed by atoms with Crippen LogP contribution in [-0.4, -0.2) is 55.5 Å². The minimum absolute atomic E-state index is 0.000834. The monoisotopic (exact) mass is 480 g/mol. The van der Waals surface area contributed by atoms with Crippen molar-refractivity contribution in [3.8, 4) is 11.5 Å². The van der Waals surface area contributed by atoms with Crippen LogP contribution in [0.25, 0.3) is 5.76 Å². The summed E-state index contributed by atoms with van der Waals surface area (Å²) in [5, 5.41) is 13.7. The lowest BCUT2D eigenvalue weighted by Gasteiger charge is -2.29. The van der Waals surface area contributed by atoms with Crippen LogP contribution in [0.1, 0.15) is 51.8 Å². The van der Waals surface area contributed by atoms with E-state index in [1.165, 1.54) is 9.80 Å². The first-order chi connectivity index (χ1) is 16.8. The number of hydrogen-bond donors (Lipinski definition) is 1. The van der Waals surface area contributed by atoms with Crippen LogP contribution < -0.4 is 19.5 Å². The van der Waals surface area contributed by atoms with Gasteiger partial charge in [0, 0.05) is 11.1 Å². The Morgan fingerprint density at radius 3 is 2.29 bits per heavy atom. The molecule has 1 aliphatic heterocycles. The molecule has 0 spiro atoms. The van der Waals surface area contributed by atoms with Gasteiger partial charge in [-0.3, -0.25) is 9.59 Å². The van der Waals surface area contributed by atoms with Crippen molar-refractivity contribution in [1.29, 1.82) is 0 Å². The summed E-state index contributed by atoms with van der Waals surface area (Å²) in [6.45, 7) is 13.2. The highest BCUT2D eigenvalue weighted by atomic mass is 16.5. The quantitative estimate of drug-likeness (QED) is 0.302. The van der Waals surface area contributed by atoms with Crippen LogP contribution in [0, 0.1) is 0 Å². The van der Waals surface area contributed by atoms with E-state index in [0.29, 0.717) is 42.3 Å². The molecular weight excluding hydrogens is 444 g/mol. The predicted molar refractivity (Wildman–Crippen MR) is 133 cm³/mol. The molecule has 7 nitrogen and oxygen atoms in total. The molecule has 0 saturated carbocycles. The van der Waals surface area contributed by atoms with Gasteiger partial charge in [0.2, 0.25) is 5.78 Å². The van der Waals surface area contributed by atoms with Crippen LogP contribution in [0.5, 0.6) is 11.5 Å². The minimum atomic E-state index is -0.799. The summed E-state index contributed by atoms with van der Waals surface area (Å²) in [6.07, 6.45) is 0.000834. The van der Waals surface area contributed by atoms with Crippen molar-refractivity contribution in [2.24, 2.45) is 0 Å². The molecule has 0 bridgehead atoms. The molecule has 1 heterocycles. The summed E-state index contributed by atoms with van der Waals surface area (Å²) in [6, 6.07) is 13.2. The van der Waals surface area contributed by atoms with Crippen molar-refractivity contribution in [3.63, 3.8) is 0 Å². The number of likely N-dealkylation sites (N-methyl/N-ethyl adjacent to an activating group) is 1. The summed E-state index contributed by atoms with van der Waals surface area (Å²) < 4.78 is 11.5. The fraction of sp³-hybridized carbons (Fsp3) is 0.429. The van der Waals surface area contributed by atoms with Crippen LogP contribution in [0.2, 0.25) is 0 Å². The SMILES string of the molecule is CCOc1ccccc1C1/C(=C(\[O-])c2ccc(OC(C)C)cc2)C(=O)C(=O)N1CC[NH+](CC)CC. The first-order valence-corrected chi connectivity index (χ1v) is 12.4. The number of nitrogens with one attached hydrogen (secondary N) is 1. The zero-order valence-corrected chi connectivity index (χ0v) is 21.3. The topological polar surface area (TPSA) is 83.3 Å². The van der Waals surface area contributed by atoms with Gasteiger partial charge in [-0.25, -0.2) is 0 Å². The van der Waals surface area contributed by atoms with Gasteiger partial charge >= 0.3 is 0 Å². The second-order valence-corrected chi connectivity index (χ2v) is 8.84. The van der Waals surface area contributed by atoms with Crippen LogP contribution >= 0.6 is 0 Å². The van der Waals surface area contributed by atoms with Crippen LogP contribution in [-0.2, 0) is 9.59 Å². The van der Waals surface area contributed by atoms with E-state index in [4.69, 9.17) is 9.47 Å². The molecule has 1 N–H and O–H groups in total. The number of carbonyl (C=O) groups is 2. The maximum Gasteiger partial charge on any atom is 0.295 e. The molecule has 1 atom stereocenters. The third-order valence-electron chi connectivity index (χ3n) is 6.24. The Bertz CT molecular complexity index is 1060. The van der Waals surface area contributed by atoms with Gasteiger partial charge in [0.1, 0.15) is 11.5 Å². The molecule has 0 radical (unpaired) electrons. The van der Waals surface area contributed by atoms with Crippen molar-refractivity contribution in [3.05, 3.63) is 65.2 Å². The van der Waals surface area contributed by atoms with Crippen LogP contribution in [0.3, 0.4) is 0 Å². The number of benzene rings is 2. The number of ketones is 1. The number of nitrogens with zero attached hydrogens (tertiary/aromatic N) is 1. The number of Topliss-reactive ketones (excluding diaryl/α,β-unsaturated/α-hetero) is 1. The number of quaternary nitrogens is 1. The Morgan fingerprint density at radius 1 is 1.03 bits per heavy atom. The van der Waals surface area contributed by atoms with E-state index in [1.807, 2.05) is 39.0 Å². The van der Waals surface area contributed by atoms with Crippen molar-refractivity contribution in [1.82, 2.24) is 4.90 Å². The third kappa shape index (κ3) is 5.85. The zero-order chi connectivity index (χ0) is 25.5. The normalized spacial score (nSPS) is 17.5. The van der Waals surface area contributed by atoms with E-state index in [9.17, 15) is 14.7 Å². The van der Waals surface area contributed by atoms with Gasteiger partial charge in [-0.15, -0.1) is 0 Å². The molecule has 0 aromatic heterocycles.